The van der Waals surface area contributed by atoms with Gasteiger partial charge in [-0.15, -0.1) is 6.58 Å². The molecule has 2 aromatic rings. The predicted molar refractivity (Wildman–Crippen MR) is 84.9 cm³/mol. The number of ether oxygens (including phenoxy) is 1. The summed E-state index contributed by atoms with van der Waals surface area (Å²) in [7, 11) is 1.63. The Kier molecular flexibility index (Phi) is 5.48. The molecule has 0 spiro atoms. The normalized spacial score (nSPS) is 9.86. The average molecular weight is 298 g/mol. The molecule has 6 heteroatoms. The van der Waals surface area contributed by atoms with Gasteiger partial charge in [0.25, 0.3) is 5.91 Å². The first-order valence-corrected chi connectivity index (χ1v) is 6.82. The SMILES string of the molecule is C=CCNC(=O)c1ccnc(NCc2ccc(OC)cc2)n1. The molecular weight excluding hydrogens is 280 g/mol. The van der Waals surface area contributed by atoms with Crippen LogP contribution in [0.1, 0.15) is 16.1 Å². The van der Waals surface area contributed by atoms with Crippen molar-refractivity contribution < 1.29 is 9.53 Å². The second-order valence-corrected chi connectivity index (χ2v) is 4.47. The number of rotatable bonds is 7. The van der Waals surface area contributed by atoms with Crippen LogP contribution in [0.25, 0.3) is 0 Å². The van der Waals surface area contributed by atoms with Crippen molar-refractivity contribution in [1.82, 2.24) is 15.3 Å². The van der Waals surface area contributed by atoms with Gasteiger partial charge in [-0.25, -0.2) is 9.97 Å². The predicted octanol–water partition coefficient (Wildman–Crippen LogP) is 2.01. The number of nitrogens with zero attached hydrogens (tertiary/aromatic N) is 2. The van der Waals surface area contributed by atoms with E-state index >= 15 is 0 Å². The van der Waals surface area contributed by atoms with Crippen LogP contribution in [0.2, 0.25) is 0 Å². The van der Waals surface area contributed by atoms with Gasteiger partial charge in [0.1, 0.15) is 11.4 Å². The van der Waals surface area contributed by atoms with E-state index in [1.165, 1.54) is 0 Å². The highest BCUT2D eigenvalue weighted by atomic mass is 16.5. The van der Waals surface area contributed by atoms with Crippen molar-refractivity contribution >= 4 is 11.9 Å². The van der Waals surface area contributed by atoms with Gasteiger partial charge in [-0.05, 0) is 23.8 Å². The van der Waals surface area contributed by atoms with Crippen LogP contribution in [0.3, 0.4) is 0 Å². The lowest BCUT2D eigenvalue weighted by Gasteiger charge is -2.07. The van der Waals surface area contributed by atoms with Gasteiger partial charge in [0.2, 0.25) is 5.95 Å². The molecule has 22 heavy (non-hydrogen) atoms. The number of nitrogens with one attached hydrogen (secondary N) is 2. The molecule has 2 rings (SSSR count). The molecular formula is C16H18N4O2. The van der Waals surface area contributed by atoms with Crippen LogP contribution in [0.5, 0.6) is 5.75 Å². The maximum atomic E-state index is 11.8. The number of benzene rings is 1. The third kappa shape index (κ3) is 4.31. The number of hydrogen-bond acceptors (Lipinski definition) is 5. The van der Waals surface area contributed by atoms with E-state index in [0.29, 0.717) is 24.7 Å². The molecule has 1 aromatic heterocycles. The summed E-state index contributed by atoms with van der Waals surface area (Å²) in [5, 5.41) is 5.76. The highest BCUT2D eigenvalue weighted by molar-refractivity contribution is 5.92. The lowest BCUT2D eigenvalue weighted by molar-refractivity contribution is 0.0953. The summed E-state index contributed by atoms with van der Waals surface area (Å²) in [6.45, 7) is 4.51. The number of carbonyl (C=O) groups excluding carboxylic acids is 1. The fourth-order valence-electron chi connectivity index (χ4n) is 1.75. The summed E-state index contributed by atoms with van der Waals surface area (Å²) < 4.78 is 5.11. The number of carbonyl (C=O) groups is 1. The third-order valence-corrected chi connectivity index (χ3v) is 2.90. The summed E-state index contributed by atoms with van der Waals surface area (Å²) in [6.07, 6.45) is 3.16. The molecule has 0 unspecified atom stereocenters. The van der Waals surface area contributed by atoms with Gasteiger partial charge in [-0.1, -0.05) is 18.2 Å². The van der Waals surface area contributed by atoms with E-state index < -0.39 is 0 Å². The summed E-state index contributed by atoms with van der Waals surface area (Å²) in [6, 6.07) is 9.24. The van der Waals surface area contributed by atoms with E-state index in [0.717, 1.165) is 11.3 Å². The fraction of sp³-hybridized carbons (Fsp3) is 0.188. The number of methoxy groups -OCH3 is 1. The van der Waals surface area contributed by atoms with Crippen LogP contribution in [0.15, 0.2) is 49.2 Å². The van der Waals surface area contributed by atoms with Crippen molar-refractivity contribution in [3.8, 4) is 5.75 Å². The molecule has 2 N–H and O–H groups in total. The Morgan fingerprint density at radius 1 is 1.32 bits per heavy atom. The van der Waals surface area contributed by atoms with Crippen LogP contribution in [-0.4, -0.2) is 29.5 Å². The Labute approximate surface area is 129 Å². The molecule has 0 atom stereocenters. The van der Waals surface area contributed by atoms with E-state index in [2.05, 4.69) is 27.2 Å². The number of hydrogen-bond donors (Lipinski definition) is 2. The molecule has 6 nitrogen and oxygen atoms in total. The molecule has 0 bridgehead atoms. The molecule has 114 valence electrons. The molecule has 0 aliphatic carbocycles. The molecule has 1 amide bonds. The maximum absolute atomic E-state index is 11.8. The van der Waals surface area contributed by atoms with Crippen molar-refractivity contribution in [3.05, 3.63) is 60.4 Å². The summed E-state index contributed by atoms with van der Waals surface area (Å²) in [4.78, 5) is 20.1. The second kappa shape index (κ2) is 7.78. The van der Waals surface area contributed by atoms with Crippen LogP contribution in [-0.2, 0) is 6.54 Å². The van der Waals surface area contributed by atoms with Crippen molar-refractivity contribution in [1.29, 1.82) is 0 Å². The maximum Gasteiger partial charge on any atom is 0.270 e. The first-order valence-electron chi connectivity index (χ1n) is 6.82. The minimum absolute atomic E-state index is 0.255. The van der Waals surface area contributed by atoms with Crippen LogP contribution in [0, 0.1) is 0 Å². The van der Waals surface area contributed by atoms with E-state index in [-0.39, 0.29) is 5.91 Å². The van der Waals surface area contributed by atoms with Gasteiger partial charge in [-0.3, -0.25) is 4.79 Å². The monoisotopic (exact) mass is 298 g/mol. The zero-order valence-electron chi connectivity index (χ0n) is 12.4. The molecule has 0 radical (unpaired) electrons. The smallest absolute Gasteiger partial charge is 0.270 e. The minimum atomic E-state index is -0.255. The average Bonchev–Trinajstić information content (AvgIpc) is 2.58. The van der Waals surface area contributed by atoms with Gasteiger partial charge in [-0.2, -0.15) is 0 Å². The molecule has 0 aliphatic rings. The van der Waals surface area contributed by atoms with Crippen molar-refractivity contribution in [2.75, 3.05) is 19.0 Å². The largest absolute Gasteiger partial charge is 0.497 e. The Morgan fingerprint density at radius 3 is 2.77 bits per heavy atom. The zero-order valence-corrected chi connectivity index (χ0v) is 12.4. The number of amides is 1. The van der Waals surface area contributed by atoms with Gasteiger partial charge in [0.15, 0.2) is 0 Å². The summed E-state index contributed by atoms with van der Waals surface area (Å²) in [5.74, 6) is 0.956. The number of aromatic nitrogens is 2. The number of anilines is 1. The lowest BCUT2D eigenvalue weighted by Crippen LogP contribution is -2.24. The lowest BCUT2D eigenvalue weighted by atomic mass is 10.2. The van der Waals surface area contributed by atoms with Crippen LogP contribution >= 0.6 is 0 Å². The second-order valence-electron chi connectivity index (χ2n) is 4.47. The van der Waals surface area contributed by atoms with Gasteiger partial charge in [0.05, 0.1) is 7.11 Å². The van der Waals surface area contributed by atoms with Gasteiger partial charge in [0, 0.05) is 19.3 Å². The highest BCUT2D eigenvalue weighted by Gasteiger charge is 2.07. The molecule has 0 fully saturated rings. The Balaban J connectivity index is 1.97. The zero-order chi connectivity index (χ0) is 15.8. The van der Waals surface area contributed by atoms with Crippen molar-refractivity contribution in [2.24, 2.45) is 0 Å². The Bertz CT molecular complexity index is 641. The third-order valence-electron chi connectivity index (χ3n) is 2.90. The molecule has 0 saturated carbocycles. The Hall–Kier alpha value is -2.89. The quantitative estimate of drug-likeness (QED) is 0.765. The van der Waals surface area contributed by atoms with E-state index in [9.17, 15) is 4.79 Å². The van der Waals surface area contributed by atoms with Gasteiger partial charge >= 0.3 is 0 Å². The van der Waals surface area contributed by atoms with Crippen molar-refractivity contribution in [3.63, 3.8) is 0 Å². The highest BCUT2D eigenvalue weighted by Crippen LogP contribution is 2.12. The topological polar surface area (TPSA) is 76.1 Å². The van der Waals surface area contributed by atoms with E-state index in [4.69, 9.17) is 4.74 Å². The van der Waals surface area contributed by atoms with Crippen molar-refractivity contribution in [2.45, 2.75) is 6.54 Å². The molecule has 1 heterocycles. The van der Waals surface area contributed by atoms with Crippen LogP contribution < -0.4 is 15.4 Å². The van der Waals surface area contributed by atoms with Crippen LogP contribution in [0.4, 0.5) is 5.95 Å². The standard InChI is InChI=1S/C16H18N4O2/c1-3-9-17-15(21)14-8-10-18-16(20-14)19-11-12-4-6-13(22-2)7-5-12/h3-8,10H,1,9,11H2,2H3,(H,17,21)(H,18,19,20). The summed E-state index contributed by atoms with van der Waals surface area (Å²) >= 11 is 0. The van der Waals surface area contributed by atoms with Gasteiger partial charge < -0.3 is 15.4 Å². The Morgan fingerprint density at radius 2 is 2.09 bits per heavy atom. The summed E-state index contributed by atoms with van der Waals surface area (Å²) in [5.41, 5.74) is 1.37. The molecule has 0 aliphatic heterocycles. The fourth-order valence-corrected chi connectivity index (χ4v) is 1.75. The molecule has 0 saturated heterocycles. The minimum Gasteiger partial charge on any atom is -0.497 e. The first-order chi connectivity index (χ1) is 10.7. The molecule has 1 aromatic carbocycles. The van der Waals surface area contributed by atoms with E-state index in [1.807, 2.05) is 24.3 Å². The first kappa shape index (κ1) is 15.5. The van der Waals surface area contributed by atoms with E-state index in [1.54, 1.807) is 25.4 Å².